The van der Waals surface area contributed by atoms with Gasteiger partial charge in [0.1, 0.15) is 0 Å². The van der Waals surface area contributed by atoms with E-state index in [9.17, 15) is 13.2 Å². The predicted octanol–water partition coefficient (Wildman–Crippen LogP) is 4.94. The summed E-state index contributed by atoms with van der Waals surface area (Å²) >= 11 is 0. The second-order valence-corrected chi connectivity index (χ2v) is 9.85. The van der Waals surface area contributed by atoms with E-state index in [1.807, 2.05) is 55.1 Å². The molecule has 1 saturated heterocycles. The predicted molar refractivity (Wildman–Crippen MR) is 127 cm³/mol. The lowest BCUT2D eigenvalue weighted by Gasteiger charge is -2.36. The summed E-state index contributed by atoms with van der Waals surface area (Å²) in [4.78, 5) is 16.9. The Hall–Kier alpha value is -3.32. The normalized spacial score (nSPS) is 14.5. The Morgan fingerprint density at radius 1 is 0.875 bits per heavy atom. The maximum absolute atomic E-state index is 13.2. The number of amides is 2. The SMILES string of the molecule is Cc1ccc(CN2CCCN(c3cccc(NS(=O)(=O)c4cccc(C)c4)c3)C2=O)cc1. The van der Waals surface area contributed by atoms with Crippen molar-refractivity contribution in [2.75, 3.05) is 22.7 Å². The molecule has 1 aliphatic heterocycles. The van der Waals surface area contributed by atoms with E-state index in [0.29, 0.717) is 31.0 Å². The molecule has 1 aliphatic rings. The van der Waals surface area contributed by atoms with Crippen molar-refractivity contribution in [1.82, 2.24) is 4.90 Å². The number of anilines is 2. The van der Waals surface area contributed by atoms with Gasteiger partial charge in [0.25, 0.3) is 10.0 Å². The fourth-order valence-electron chi connectivity index (χ4n) is 3.82. The van der Waals surface area contributed by atoms with Crippen LogP contribution in [0, 0.1) is 13.8 Å². The molecule has 1 N–H and O–H groups in total. The van der Waals surface area contributed by atoms with Crippen LogP contribution in [0.15, 0.2) is 77.7 Å². The number of urea groups is 1. The van der Waals surface area contributed by atoms with Gasteiger partial charge in [0.05, 0.1) is 10.6 Å². The fourth-order valence-corrected chi connectivity index (χ4v) is 4.97. The van der Waals surface area contributed by atoms with Crippen LogP contribution >= 0.6 is 0 Å². The molecule has 166 valence electrons. The quantitative estimate of drug-likeness (QED) is 0.580. The number of nitrogens with one attached hydrogen (secondary N) is 1. The Bertz CT molecular complexity index is 1220. The molecular weight excluding hydrogens is 422 g/mol. The van der Waals surface area contributed by atoms with Crippen molar-refractivity contribution in [3.05, 3.63) is 89.5 Å². The van der Waals surface area contributed by atoms with E-state index in [1.54, 1.807) is 41.3 Å². The summed E-state index contributed by atoms with van der Waals surface area (Å²) < 4.78 is 28.2. The first-order chi connectivity index (χ1) is 15.3. The molecule has 7 heteroatoms. The van der Waals surface area contributed by atoms with E-state index < -0.39 is 10.0 Å². The van der Waals surface area contributed by atoms with Gasteiger partial charge < -0.3 is 4.90 Å². The molecule has 0 radical (unpaired) electrons. The zero-order valence-corrected chi connectivity index (χ0v) is 19.1. The highest BCUT2D eigenvalue weighted by Gasteiger charge is 2.27. The van der Waals surface area contributed by atoms with Crippen LogP contribution in [-0.4, -0.2) is 32.4 Å². The molecule has 6 nitrogen and oxygen atoms in total. The number of hydrogen-bond donors (Lipinski definition) is 1. The van der Waals surface area contributed by atoms with Crippen LogP contribution in [0.3, 0.4) is 0 Å². The van der Waals surface area contributed by atoms with E-state index >= 15 is 0 Å². The lowest BCUT2D eigenvalue weighted by molar-refractivity contribution is 0.192. The third-order valence-electron chi connectivity index (χ3n) is 5.52. The van der Waals surface area contributed by atoms with Crippen LogP contribution in [0.5, 0.6) is 0 Å². The fraction of sp³-hybridized carbons (Fsp3) is 0.240. The zero-order chi connectivity index (χ0) is 22.7. The van der Waals surface area contributed by atoms with Gasteiger partial charge in [0.15, 0.2) is 0 Å². The molecule has 2 amide bonds. The number of nitrogens with zero attached hydrogens (tertiary/aromatic N) is 2. The van der Waals surface area contributed by atoms with Crippen LogP contribution < -0.4 is 9.62 Å². The van der Waals surface area contributed by atoms with Gasteiger partial charge in [0.2, 0.25) is 0 Å². The van der Waals surface area contributed by atoms with Gasteiger partial charge in [-0.1, -0.05) is 48.0 Å². The number of hydrogen-bond acceptors (Lipinski definition) is 3. The second-order valence-electron chi connectivity index (χ2n) is 8.17. The van der Waals surface area contributed by atoms with Crippen molar-refractivity contribution in [1.29, 1.82) is 0 Å². The lowest BCUT2D eigenvalue weighted by Crippen LogP contribution is -2.49. The number of aryl methyl sites for hydroxylation is 2. The summed E-state index contributed by atoms with van der Waals surface area (Å²) in [5, 5.41) is 0. The minimum absolute atomic E-state index is 0.0736. The molecule has 0 bridgehead atoms. The lowest BCUT2D eigenvalue weighted by atomic mass is 10.1. The van der Waals surface area contributed by atoms with Crippen molar-refractivity contribution in [2.45, 2.75) is 31.7 Å². The Balaban J connectivity index is 1.52. The molecule has 0 atom stereocenters. The van der Waals surface area contributed by atoms with Gasteiger partial charge in [-0.25, -0.2) is 13.2 Å². The Labute approximate surface area is 189 Å². The summed E-state index contributed by atoms with van der Waals surface area (Å²) in [6, 6.07) is 21.9. The molecule has 3 aromatic carbocycles. The van der Waals surface area contributed by atoms with Gasteiger partial charge in [-0.15, -0.1) is 0 Å². The minimum Gasteiger partial charge on any atom is -0.320 e. The largest absolute Gasteiger partial charge is 0.324 e. The van der Waals surface area contributed by atoms with Crippen molar-refractivity contribution in [3.63, 3.8) is 0 Å². The minimum atomic E-state index is -3.72. The average molecular weight is 450 g/mol. The molecule has 0 unspecified atom stereocenters. The Morgan fingerprint density at radius 3 is 2.38 bits per heavy atom. The molecule has 0 aromatic heterocycles. The smallest absolute Gasteiger partial charge is 0.320 e. The highest BCUT2D eigenvalue weighted by Crippen LogP contribution is 2.26. The van der Waals surface area contributed by atoms with Gasteiger partial charge in [-0.2, -0.15) is 0 Å². The molecule has 0 spiro atoms. The summed E-state index contributed by atoms with van der Waals surface area (Å²) in [5.74, 6) is 0. The summed E-state index contributed by atoms with van der Waals surface area (Å²) in [6.07, 6.45) is 0.844. The highest BCUT2D eigenvalue weighted by molar-refractivity contribution is 7.92. The number of carbonyl (C=O) groups is 1. The van der Waals surface area contributed by atoms with Crippen LogP contribution in [0.4, 0.5) is 16.2 Å². The molecule has 4 rings (SSSR count). The average Bonchev–Trinajstić information content (AvgIpc) is 2.77. The monoisotopic (exact) mass is 449 g/mol. The van der Waals surface area contributed by atoms with Crippen LogP contribution in [0.2, 0.25) is 0 Å². The molecule has 0 aliphatic carbocycles. The molecule has 0 saturated carbocycles. The summed E-state index contributed by atoms with van der Waals surface area (Å²) in [7, 11) is -3.72. The Kier molecular flexibility index (Phi) is 6.19. The third kappa shape index (κ3) is 4.94. The van der Waals surface area contributed by atoms with E-state index in [0.717, 1.165) is 17.5 Å². The van der Waals surface area contributed by atoms with Gasteiger partial charge in [0, 0.05) is 25.3 Å². The summed E-state index contributed by atoms with van der Waals surface area (Å²) in [5.41, 5.74) is 4.24. The van der Waals surface area contributed by atoms with Crippen molar-refractivity contribution in [3.8, 4) is 0 Å². The standard InChI is InChI=1S/C25H27N3O3S/c1-19-10-12-21(13-11-19)18-27-14-5-15-28(25(27)29)23-8-4-7-22(17-23)26-32(30,31)24-9-3-6-20(2)16-24/h3-4,6-13,16-17,26H,5,14-15,18H2,1-2H3. The molecule has 3 aromatic rings. The number of carbonyl (C=O) groups excluding carboxylic acids is 1. The van der Waals surface area contributed by atoms with E-state index in [1.165, 1.54) is 5.56 Å². The van der Waals surface area contributed by atoms with E-state index in [2.05, 4.69) is 4.72 Å². The van der Waals surface area contributed by atoms with Crippen molar-refractivity contribution >= 4 is 27.4 Å². The molecule has 1 fully saturated rings. The molecule has 1 heterocycles. The van der Waals surface area contributed by atoms with Crippen molar-refractivity contribution in [2.24, 2.45) is 0 Å². The Morgan fingerprint density at radius 2 is 1.62 bits per heavy atom. The maximum atomic E-state index is 13.2. The van der Waals surface area contributed by atoms with E-state index in [4.69, 9.17) is 0 Å². The van der Waals surface area contributed by atoms with Gasteiger partial charge in [-0.05, 0) is 61.7 Å². The number of rotatable bonds is 6. The van der Waals surface area contributed by atoms with Gasteiger partial charge in [-0.3, -0.25) is 9.62 Å². The molecular formula is C25H27N3O3S. The first kappa shape index (κ1) is 21.9. The first-order valence-electron chi connectivity index (χ1n) is 10.6. The zero-order valence-electron chi connectivity index (χ0n) is 18.3. The number of benzene rings is 3. The summed E-state index contributed by atoms with van der Waals surface area (Å²) in [6.45, 7) is 5.73. The maximum Gasteiger partial charge on any atom is 0.324 e. The van der Waals surface area contributed by atoms with E-state index in [-0.39, 0.29) is 10.9 Å². The third-order valence-corrected chi connectivity index (χ3v) is 6.89. The highest BCUT2D eigenvalue weighted by atomic mass is 32.2. The topological polar surface area (TPSA) is 69.7 Å². The van der Waals surface area contributed by atoms with Crippen LogP contribution in [-0.2, 0) is 16.6 Å². The van der Waals surface area contributed by atoms with Crippen molar-refractivity contribution < 1.29 is 13.2 Å². The second kappa shape index (κ2) is 9.04. The molecule has 32 heavy (non-hydrogen) atoms. The number of sulfonamides is 1. The van der Waals surface area contributed by atoms with Crippen LogP contribution in [0.1, 0.15) is 23.1 Å². The first-order valence-corrected chi connectivity index (χ1v) is 12.1. The van der Waals surface area contributed by atoms with Crippen LogP contribution in [0.25, 0.3) is 0 Å². The van der Waals surface area contributed by atoms with Gasteiger partial charge >= 0.3 is 6.03 Å².